The fourth-order valence-corrected chi connectivity index (χ4v) is 5.15. The van der Waals surface area contributed by atoms with E-state index in [-0.39, 0.29) is 19.1 Å². The minimum absolute atomic E-state index is 0.0241. The van der Waals surface area contributed by atoms with Crippen molar-refractivity contribution in [3.8, 4) is 11.1 Å². The van der Waals surface area contributed by atoms with Gasteiger partial charge in [0.15, 0.2) is 6.29 Å². The average molecular weight is 523 g/mol. The normalized spacial score (nSPS) is 17.5. The van der Waals surface area contributed by atoms with Crippen LogP contribution in [0.15, 0.2) is 72.2 Å². The van der Waals surface area contributed by atoms with Gasteiger partial charge in [-0.3, -0.25) is 4.79 Å². The Morgan fingerprint density at radius 1 is 0.923 bits per heavy atom. The summed E-state index contributed by atoms with van der Waals surface area (Å²) < 4.78 is 18.3. The highest BCUT2D eigenvalue weighted by Gasteiger charge is 2.52. The van der Waals surface area contributed by atoms with Crippen molar-refractivity contribution in [3.05, 3.63) is 100 Å². The lowest BCUT2D eigenvalue weighted by atomic mass is 9.76. The van der Waals surface area contributed by atoms with Gasteiger partial charge in [0.25, 0.3) is 0 Å². The van der Waals surface area contributed by atoms with E-state index in [1.807, 2.05) is 83.2 Å². The smallest absolute Gasteiger partial charge is 0.449 e. The number of rotatable bonds is 7. The third kappa shape index (κ3) is 5.29. The molecule has 0 radical (unpaired) electrons. The number of ether oxygens (including phenoxy) is 1. The van der Waals surface area contributed by atoms with Gasteiger partial charge in [-0.1, -0.05) is 72.3 Å². The van der Waals surface area contributed by atoms with Gasteiger partial charge < -0.3 is 19.4 Å². The molecule has 0 unspecified atom stereocenters. The molecule has 200 valence electrons. The Bertz CT molecular complexity index is 1380. The number of hydrogen-bond acceptors (Lipinski definition) is 5. The molecule has 0 atom stereocenters. The van der Waals surface area contributed by atoms with Gasteiger partial charge in [-0.2, -0.15) is 0 Å². The summed E-state index contributed by atoms with van der Waals surface area (Å²) in [6.07, 6.45) is 2.16. The van der Waals surface area contributed by atoms with Gasteiger partial charge in [-0.25, -0.2) is 4.79 Å². The van der Waals surface area contributed by atoms with Crippen LogP contribution in [0.2, 0.25) is 0 Å². The molecule has 1 aliphatic carbocycles. The number of fused-ring (bicyclic) bond motifs is 3. The molecule has 5 rings (SSSR count). The third-order valence-electron chi connectivity index (χ3n) is 8.05. The first-order valence-electron chi connectivity index (χ1n) is 13.3. The summed E-state index contributed by atoms with van der Waals surface area (Å²) in [4.78, 5) is 24.7. The number of hydrogen-bond donors (Lipinski definition) is 1. The molecule has 0 bridgehead atoms. The van der Waals surface area contributed by atoms with E-state index < -0.39 is 24.4 Å². The molecule has 0 spiro atoms. The van der Waals surface area contributed by atoms with Gasteiger partial charge in [0.2, 0.25) is 0 Å². The van der Waals surface area contributed by atoms with Crippen molar-refractivity contribution in [1.29, 1.82) is 0 Å². The molecule has 1 fully saturated rings. The van der Waals surface area contributed by atoms with Crippen LogP contribution in [0.4, 0.5) is 4.79 Å². The molecule has 3 aromatic carbocycles. The first-order chi connectivity index (χ1) is 18.6. The SMILES string of the molecule is Cc1ccc(C=C(CNC(=O)OCC2c3ccccc3-c3ccccc32)B2OC(C)(C)C(C)(C)O2)c(C=O)c1. The second-order valence-electron chi connectivity index (χ2n) is 11.2. The molecule has 0 aromatic heterocycles. The molecular weight excluding hydrogens is 489 g/mol. The van der Waals surface area contributed by atoms with E-state index in [1.165, 1.54) is 11.1 Å². The second-order valence-corrected chi connectivity index (χ2v) is 11.2. The van der Waals surface area contributed by atoms with Crippen molar-refractivity contribution in [1.82, 2.24) is 5.32 Å². The molecule has 39 heavy (non-hydrogen) atoms. The summed E-state index contributed by atoms with van der Waals surface area (Å²) in [5, 5.41) is 2.88. The number of nitrogens with one attached hydrogen (secondary N) is 1. The number of carbonyl (C=O) groups is 2. The van der Waals surface area contributed by atoms with Gasteiger partial charge in [-0.15, -0.1) is 0 Å². The van der Waals surface area contributed by atoms with Crippen LogP contribution >= 0.6 is 0 Å². The number of benzene rings is 3. The van der Waals surface area contributed by atoms with Crippen molar-refractivity contribution in [2.45, 2.75) is 51.7 Å². The summed E-state index contributed by atoms with van der Waals surface area (Å²) in [7, 11) is -0.690. The molecule has 1 aliphatic heterocycles. The molecule has 6 nitrogen and oxygen atoms in total. The second kappa shape index (κ2) is 10.5. The Kier molecular flexibility index (Phi) is 7.23. The summed E-state index contributed by atoms with van der Waals surface area (Å²) >= 11 is 0. The van der Waals surface area contributed by atoms with Gasteiger partial charge in [0.1, 0.15) is 6.61 Å². The Labute approximate surface area is 230 Å². The van der Waals surface area contributed by atoms with Crippen molar-refractivity contribution < 1.29 is 23.6 Å². The van der Waals surface area contributed by atoms with Crippen molar-refractivity contribution in [3.63, 3.8) is 0 Å². The maximum absolute atomic E-state index is 12.9. The third-order valence-corrected chi connectivity index (χ3v) is 8.05. The number of aldehydes is 1. The van der Waals surface area contributed by atoms with E-state index >= 15 is 0 Å². The zero-order chi connectivity index (χ0) is 27.8. The van der Waals surface area contributed by atoms with E-state index in [4.69, 9.17) is 14.0 Å². The van der Waals surface area contributed by atoms with Crippen molar-refractivity contribution >= 4 is 25.6 Å². The van der Waals surface area contributed by atoms with E-state index in [9.17, 15) is 9.59 Å². The largest absolute Gasteiger partial charge is 0.492 e. The molecule has 1 heterocycles. The van der Waals surface area contributed by atoms with E-state index in [0.717, 1.165) is 28.5 Å². The Hall–Kier alpha value is -3.68. The number of aryl methyl sites for hydroxylation is 1. The van der Waals surface area contributed by atoms with Crippen LogP contribution in [0.5, 0.6) is 0 Å². The number of amides is 1. The Morgan fingerprint density at radius 2 is 1.51 bits per heavy atom. The van der Waals surface area contributed by atoms with Gasteiger partial charge in [0.05, 0.1) is 11.2 Å². The summed E-state index contributed by atoms with van der Waals surface area (Å²) in [5.74, 6) is -0.0241. The molecule has 0 saturated carbocycles. The fourth-order valence-electron chi connectivity index (χ4n) is 5.15. The van der Waals surface area contributed by atoms with Crippen molar-refractivity contribution in [2.24, 2.45) is 0 Å². The highest BCUT2D eigenvalue weighted by Crippen LogP contribution is 2.44. The molecule has 7 heteroatoms. The van der Waals surface area contributed by atoms with Crippen LogP contribution < -0.4 is 5.32 Å². The topological polar surface area (TPSA) is 73.9 Å². The molecule has 1 saturated heterocycles. The number of carbonyl (C=O) groups excluding carboxylic acids is 2. The van der Waals surface area contributed by atoms with Crippen LogP contribution in [0.1, 0.15) is 66.2 Å². The van der Waals surface area contributed by atoms with E-state index in [0.29, 0.717) is 11.0 Å². The highest BCUT2D eigenvalue weighted by atomic mass is 16.7. The summed E-state index contributed by atoms with van der Waals surface area (Å²) in [6, 6.07) is 22.1. The first-order valence-corrected chi connectivity index (χ1v) is 13.3. The van der Waals surface area contributed by atoms with Crippen LogP contribution in [-0.2, 0) is 14.0 Å². The van der Waals surface area contributed by atoms with Crippen LogP contribution in [0.3, 0.4) is 0 Å². The quantitative estimate of drug-likeness (QED) is 0.288. The van der Waals surface area contributed by atoms with E-state index in [1.54, 1.807) is 0 Å². The molecule has 1 N–H and O–H groups in total. The maximum Gasteiger partial charge on any atom is 0.492 e. The molecular formula is C32H34BNO5. The summed E-state index contributed by atoms with van der Waals surface area (Å²) in [5.41, 5.74) is 6.53. The molecule has 1 amide bonds. The monoisotopic (exact) mass is 523 g/mol. The standard InChI is InChI=1S/C32H34BNO5/c1-21-14-15-22(23(16-21)19-35)17-24(33-38-31(2,3)32(4,5)39-33)18-34-30(36)37-20-29-27-12-8-6-10-25(27)26-11-7-9-13-28(26)29/h6-17,19,29H,18,20H2,1-5H3,(H,34,36). The lowest BCUT2D eigenvalue weighted by Crippen LogP contribution is -2.41. The Balaban J connectivity index is 1.33. The molecule has 2 aliphatic rings. The highest BCUT2D eigenvalue weighted by molar-refractivity contribution is 6.56. The van der Waals surface area contributed by atoms with Crippen LogP contribution in [0.25, 0.3) is 17.2 Å². The average Bonchev–Trinajstić information content (AvgIpc) is 3.34. The van der Waals surface area contributed by atoms with Gasteiger partial charge >= 0.3 is 13.2 Å². The predicted molar refractivity (Wildman–Crippen MR) is 154 cm³/mol. The fraction of sp³-hybridized carbons (Fsp3) is 0.312. The maximum atomic E-state index is 12.9. The van der Waals surface area contributed by atoms with Gasteiger partial charge in [-0.05, 0) is 74.0 Å². The van der Waals surface area contributed by atoms with Crippen LogP contribution in [-0.4, -0.2) is 43.9 Å². The van der Waals surface area contributed by atoms with Gasteiger partial charge in [0, 0.05) is 18.0 Å². The minimum atomic E-state index is -0.690. The number of alkyl carbamates (subject to hydrolysis) is 1. The predicted octanol–water partition coefficient (Wildman–Crippen LogP) is 6.36. The lowest BCUT2D eigenvalue weighted by molar-refractivity contribution is 0.00578. The summed E-state index contributed by atoms with van der Waals surface area (Å²) in [6.45, 7) is 10.2. The minimum Gasteiger partial charge on any atom is -0.449 e. The Morgan fingerprint density at radius 3 is 2.10 bits per heavy atom. The first kappa shape index (κ1) is 26.9. The lowest BCUT2D eigenvalue weighted by Gasteiger charge is -2.32. The van der Waals surface area contributed by atoms with E-state index in [2.05, 4.69) is 29.6 Å². The molecule has 3 aromatic rings. The van der Waals surface area contributed by atoms with Crippen molar-refractivity contribution in [2.75, 3.05) is 13.2 Å². The zero-order valence-corrected chi connectivity index (χ0v) is 23.1. The zero-order valence-electron chi connectivity index (χ0n) is 23.1. The van der Waals surface area contributed by atoms with Crippen LogP contribution in [0, 0.1) is 6.92 Å².